The fourth-order valence-electron chi connectivity index (χ4n) is 1.99. The van der Waals surface area contributed by atoms with Gasteiger partial charge in [-0.15, -0.1) is 12.4 Å². The molecule has 0 aliphatic heterocycles. The summed E-state index contributed by atoms with van der Waals surface area (Å²) in [6, 6.07) is 7.97. The number of anilines is 1. The molecule has 116 valence electrons. The van der Waals surface area contributed by atoms with Crippen LogP contribution in [0.25, 0.3) is 0 Å². The average Bonchev–Trinajstić information content (AvgIpc) is 2.80. The molecule has 0 fully saturated rings. The van der Waals surface area contributed by atoms with Crippen molar-refractivity contribution in [2.24, 2.45) is 0 Å². The first-order chi connectivity index (χ1) is 9.74. The Labute approximate surface area is 130 Å². The van der Waals surface area contributed by atoms with Crippen LogP contribution in [0.15, 0.2) is 30.5 Å². The molecule has 0 atom stereocenters. The third-order valence-corrected chi connectivity index (χ3v) is 3.12. The zero-order valence-corrected chi connectivity index (χ0v) is 13.1. The minimum absolute atomic E-state index is 0. The highest BCUT2D eigenvalue weighted by molar-refractivity contribution is 5.85. The predicted molar refractivity (Wildman–Crippen MR) is 85.1 cm³/mol. The van der Waals surface area contributed by atoms with Crippen LogP contribution in [0.2, 0.25) is 0 Å². The number of hydrogen-bond acceptors (Lipinski definition) is 3. The molecule has 1 N–H and O–H groups in total. The van der Waals surface area contributed by atoms with E-state index in [0.717, 1.165) is 22.7 Å². The van der Waals surface area contributed by atoms with E-state index < -0.39 is 6.67 Å². The summed E-state index contributed by atoms with van der Waals surface area (Å²) in [6.07, 6.45) is 1.74. The average molecular weight is 314 g/mol. The molecule has 1 aromatic carbocycles. The van der Waals surface area contributed by atoms with E-state index in [1.165, 1.54) is 0 Å². The van der Waals surface area contributed by atoms with Crippen molar-refractivity contribution in [1.29, 1.82) is 0 Å². The van der Waals surface area contributed by atoms with Gasteiger partial charge in [0, 0.05) is 6.54 Å². The van der Waals surface area contributed by atoms with E-state index in [0.29, 0.717) is 19.7 Å². The second kappa shape index (κ2) is 8.52. The Bertz CT molecular complexity index is 542. The number of rotatable bonds is 7. The van der Waals surface area contributed by atoms with Gasteiger partial charge in [0.15, 0.2) is 0 Å². The van der Waals surface area contributed by atoms with Gasteiger partial charge in [-0.3, -0.25) is 4.68 Å². The summed E-state index contributed by atoms with van der Waals surface area (Å²) in [7, 11) is 0. The number of aryl methyl sites for hydroxylation is 1. The molecule has 0 amide bonds. The van der Waals surface area contributed by atoms with Crippen LogP contribution in [-0.2, 0) is 13.1 Å². The maximum absolute atomic E-state index is 12.3. The number of alkyl halides is 1. The molecule has 2 rings (SSSR count). The first-order valence-corrected chi connectivity index (χ1v) is 6.78. The smallest absolute Gasteiger partial charge is 0.119 e. The lowest BCUT2D eigenvalue weighted by Crippen LogP contribution is -2.05. The Balaban J connectivity index is 0.00000220. The van der Waals surface area contributed by atoms with Gasteiger partial charge < -0.3 is 10.1 Å². The molecule has 0 aliphatic rings. The highest BCUT2D eigenvalue weighted by atomic mass is 35.5. The predicted octanol–water partition coefficient (Wildman–Crippen LogP) is 3.59. The minimum atomic E-state index is -0.402. The van der Waals surface area contributed by atoms with Crippen molar-refractivity contribution in [3.05, 3.63) is 41.7 Å². The molecule has 0 spiro atoms. The van der Waals surface area contributed by atoms with Crippen molar-refractivity contribution < 1.29 is 9.13 Å². The second-order valence-electron chi connectivity index (χ2n) is 4.49. The van der Waals surface area contributed by atoms with Gasteiger partial charge in [0.1, 0.15) is 12.4 Å². The molecule has 1 heterocycles. The molecule has 0 radical (unpaired) electrons. The molecule has 0 aliphatic carbocycles. The third kappa shape index (κ3) is 4.63. The second-order valence-corrected chi connectivity index (χ2v) is 4.49. The van der Waals surface area contributed by atoms with Gasteiger partial charge in [0.05, 0.1) is 30.7 Å². The van der Waals surface area contributed by atoms with Crippen molar-refractivity contribution in [1.82, 2.24) is 9.78 Å². The fourth-order valence-corrected chi connectivity index (χ4v) is 1.99. The minimum Gasteiger partial charge on any atom is -0.494 e. The van der Waals surface area contributed by atoms with E-state index in [4.69, 9.17) is 4.74 Å². The summed E-state index contributed by atoms with van der Waals surface area (Å²) in [5.74, 6) is 0.878. The Morgan fingerprint density at radius 1 is 1.29 bits per heavy atom. The van der Waals surface area contributed by atoms with Gasteiger partial charge in [-0.2, -0.15) is 5.10 Å². The Morgan fingerprint density at radius 2 is 2.00 bits per heavy atom. The SMILES string of the molecule is CCOc1ccc(CNc2cnn(CCF)c2C)cc1.Cl. The maximum Gasteiger partial charge on any atom is 0.119 e. The molecular formula is C15H21ClFN3O. The molecule has 6 heteroatoms. The number of nitrogens with one attached hydrogen (secondary N) is 1. The molecule has 1 aromatic heterocycles. The number of nitrogens with zero attached hydrogens (tertiary/aromatic N) is 2. The summed E-state index contributed by atoms with van der Waals surface area (Å²) in [4.78, 5) is 0. The van der Waals surface area contributed by atoms with Crippen LogP contribution < -0.4 is 10.1 Å². The maximum atomic E-state index is 12.3. The summed E-state index contributed by atoms with van der Waals surface area (Å²) in [6.45, 7) is 5.17. The van der Waals surface area contributed by atoms with E-state index >= 15 is 0 Å². The number of ether oxygens (including phenoxy) is 1. The summed E-state index contributed by atoms with van der Waals surface area (Å²) in [5.41, 5.74) is 3.05. The van der Waals surface area contributed by atoms with Crippen LogP contribution in [0.4, 0.5) is 10.1 Å². The van der Waals surface area contributed by atoms with Crippen molar-refractivity contribution in [2.45, 2.75) is 26.9 Å². The monoisotopic (exact) mass is 313 g/mol. The van der Waals surface area contributed by atoms with E-state index in [2.05, 4.69) is 10.4 Å². The fraction of sp³-hybridized carbons (Fsp3) is 0.400. The Kier molecular flexibility index (Phi) is 7.02. The zero-order chi connectivity index (χ0) is 14.4. The van der Waals surface area contributed by atoms with Gasteiger partial charge in [-0.25, -0.2) is 4.39 Å². The quantitative estimate of drug-likeness (QED) is 0.849. The molecule has 4 nitrogen and oxygen atoms in total. The van der Waals surface area contributed by atoms with Gasteiger partial charge in [0.25, 0.3) is 0 Å². The largest absolute Gasteiger partial charge is 0.494 e. The molecule has 21 heavy (non-hydrogen) atoms. The van der Waals surface area contributed by atoms with Gasteiger partial charge in [-0.1, -0.05) is 12.1 Å². The van der Waals surface area contributed by atoms with Gasteiger partial charge in [0.2, 0.25) is 0 Å². The van der Waals surface area contributed by atoms with Crippen molar-refractivity contribution >= 4 is 18.1 Å². The summed E-state index contributed by atoms with van der Waals surface area (Å²) < 4.78 is 19.4. The van der Waals surface area contributed by atoms with E-state index in [-0.39, 0.29) is 12.4 Å². The lowest BCUT2D eigenvalue weighted by molar-refractivity contribution is 0.340. The van der Waals surface area contributed by atoms with Gasteiger partial charge >= 0.3 is 0 Å². The number of halogens is 2. The van der Waals surface area contributed by atoms with Crippen LogP contribution in [0, 0.1) is 6.92 Å². The van der Waals surface area contributed by atoms with Crippen molar-refractivity contribution in [2.75, 3.05) is 18.6 Å². The lowest BCUT2D eigenvalue weighted by Gasteiger charge is -2.08. The lowest BCUT2D eigenvalue weighted by atomic mass is 10.2. The van der Waals surface area contributed by atoms with Crippen LogP contribution in [0.1, 0.15) is 18.2 Å². The topological polar surface area (TPSA) is 39.1 Å². The Hall–Kier alpha value is -1.75. The van der Waals surface area contributed by atoms with Crippen LogP contribution >= 0.6 is 12.4 Å². The van der Waals surface area contributed by atoms with E-state index in [1.54, 1.807) is 10.9 Å². The third-order valence-electron chi connectivity index (χ3n) is 3.12. The summed E-state index contributed by atoms with van der Waals surface area (Å²) >= 11 is 0. The molecular weight excluding hydrogens is 293 g/mol. The van der Waals surface area contributed by atoms with Crippen molar-refractivity contribution in [3.63, 3.8) is 0 Å². The number of aromatic nitrogens is 2. The molecule has 0 saturated heterocycles. The highest BCUT2D eigenvalue weighted by Crippen LogP contribution is 2.16. The molecule has 0 saturated carbocycles. The molecule has 0 bridgehead atoms. The van der Waals surface area contributed by atoms with Gasteiger partial charge in [-0.05, 0) is 31.5 Å². The van der Waals surface area contributed by atoms with Crippen LogP contribution in [0.5, 0.6) is 5.75 Å². The molecule has 2 aromatic rings. The normalized spacial score (nSPS) is 10.0. The zero-order valence-electron chi connectivity index (χ0n) is 12.3. The summed E-state index contributed by atoms with van der Waals surface area (Å²) in [5, 5.41) is 7.46. The number of benzene rings is 1. The van der Waals surface area contributed by atoms with Crippen LogP contribution in [-0.4, -0.2) is 23.1 Å². The van der Waals surface area contributed by atoms with E-state index in [9.17, 15) is 4.39 Å². The highest BCUT2D eigenvalue weighted by Gasteiger charge is 2.05. The number of hydrogen-bond donors (Lipinski definition) is 1. The standard InChI is InChI=1S/C15H20FN3O.ClH/c1-3-20-14-6-4-13(5-7-14)10-17-15-11-18-19(9-8-16)12(15)2;/h4-7,11,17H,3,8-10H2,1-2H3;1H. The van der Waals surface area contributed by atoms with Crippen LogP contribution in [0.3, 0.4) is 0 Å². The first-order valence-electron chi connectivity index (χ1n) is 6.78. The van der Waals surface area contributed by atoms with E-state index in [1.807, 2.05) is 38.1 Å². The first kappa shape index (κ1) is 17.3. The molecule has 0 unspecified atom stereocenters. The Morgan fingerprint density at radius 3 is 2.62 bits per heavy atom. The van der Waals surface area contributed by atoms with Crippen molar-refractivity contribution in [3.8, 4) is 5.75 Å².